The number of halogens is 4. The molecule has 14 heavy (non-hydrogen) atoms. The summed E-state index contributed by atoms with van der Waals surface area (Å²) in [7, 11) is 0. The van der Waals surface area contributed by atoms with Gasteiger partial charge in [-0.3, -0.25) is 0 Å². The third kappa shape index (κ3) is 2.30. The van der Waals surface area contributed by atoms with Gasteiger partial charge in [-0.2, -0.15) is 8.78 Å². The quantitative estimate of drug-likeness (QED) is 0.858. The summed E-state index contributed by atoms with van der Waals surface area (Å²) in [6, 6.07) is 2.29. The molecule has 0 aromatic heterocycles. The van der Waals surface area contributed by atoms with Crippen LogP contribution >= 0.6 is 11.6 Å². The Morgan fingerprint density at radius 3 is 2.57 bits per heavy atom. The number of hydrogen-bond donors (Lipinski definition) is 1. The molecular weight excluding hydrogens is 219 g/mol. The Balaban J connectivity index is 3.10. The second-order valence-corrected chi connectivity index (χ2v) is 2.83. The van der Waals surface area contributed by atoms with Crippen LogP contribution in [-0.4, -0.2) is 6.61 Å². The number of rotatable bonds is 3. The van der Waals surface area contributed by atoms with Gasteiger partial charge >= 0.3 is 6.61 Å². The van der Waals surface area contributed by atoms with Gasteiger partial charge in [0, 0.05) is 12.1 Å². The molecule has 6 heteroatoms. The van der Waals surface area contributed by atoms with E-state index < -0.39 is 12.4 Å². The van der Waals surface area contributed by atoms with Crippen LogP contribution in [0.15, 0.2) is 12.1 Å². The van der Waals surface area contributed by atoms with Crippen molar-refractivity contribution < 1.29 is 17.9 Å². The summed E-state index contributed by atoms with van der Waals surface area (Å²) in [6.07, 6.45) is 0. The van der Waals surface area contributed by atoms with Crippen molar-refractivity contribution in [1.82, 2.24) is 0 Å². The molecule has 0 saturated carbocycles. The highest BCUT2D eigenvalue weighted by molar-refractivity contribution is 6.30. The molecule has 78 valence electrons. The van der Waals surface area contributed by atoms with Gasteiger partial charge in [0.25, 0.3) is 0 Å². The zero-order valence-electron chi connectivity index (χ0n) is 6.94. The van der Waals surface area contributed by atoms with E-state index in [2.05, 4.69) is 4.74 Å². The first-order chi connectivity index (χ1) is 6.56. The molecule has 1 rings (SSSR count). The van der Waals surface area contributed by atoms with Gasteiger partial charge in [0.15, 0.2) is 0 Å². The Morgan fingerprint density at radius 1 is 1.43 bits per heavy atom. The van der Waals surface area contributed by atoms with E-state index >= 15 is 0 Å². The van der Waals surface area contributed by atoms with Crippen molar-refractivity contribution in [2.75, 3.05) is 0 Å². The van der Waals surface area contributed by atoms with E-state index in [0.29, 0.717) is 0 Å². The highest BCUT2D eigenvalue weighted by Crippen LogP contribution is 2.27. The van der Waals surface area contributed by atoms with Crippen LogP contribution < -0.4 is 10.5 Å². The van der Waals surface area contributed by atoms with E-state index in [-0.39, 0.29) is 22.9 Å². The van der Waals surface area contributed by atoms with Gasteiger partial charge in [0.1, 0.15) is 11.6 Å². The lowest BCUT2D eigenvalue weighted by Crippen LogP contribution is -2.08. The Bertz CT molecular complexity index is 333. The Kier molecular flexibility index (Phi) is 3.60. The fourth-order valence-corrected chi connectivity index (χ4v) is 1.15. The van der Waals surface area contributed by atoms with Gasteiger partial charge in [-0.1, -0.05) is 11.6 Å². The highest BCUT2D eigenvalue weighted by atomic mass is 35.5. The number of nitrogens with two attached hydrogens (primary N) is 1. The van der Waals surface area contributed by atoms with E-state index in [1.165, 1.54) is 0 Å². The number of hydrogen-bond acceptors (Lipinski definition) is 2. The third-order valence-corrected chi connectivity index (χ3v) is 1.87. The van der Waals surface area contributed by atoms with Crippen molar-refractivity contribution in [2.45, 2.75) is 13.2 Å². The molecule has 2 N–H and O–H groups in total. The van der Waals surface area contributed by atoms with Crippen LogP contribution in [0.3, 0.4) is 0 Å². The molecule has 1 aromatic carbocycles. The molecule has 0 aliphatic rings. The fourth-order valence-electron chi connectivity index (χ4n) is 0.972. The summed E-state index contributed by atoms with van der Waals surface area (Å²) >= 11 is 5.43. The van der Waals surface area contributed by atoms with Gasteiger partial charge in [0.2, 0.25) is 0 Å². The molecule has 0 radical (unpaired) electrons. The van der Waals surface area contributed by atoms with Gasteiger partial charge in [-0.05, 0) is 12.1 Å². The largest absolute Gasteiger partial charge is 0.434 e. The first-order valence-electron chi connectivity index (χ1n) is 3.68. The summed E-state index contributed by atoms with van der Waals surface area (Å²) in [5, 5.41) is -0.174. The van der Waals surface area contributed by atoms with Gasteiger partial charge in [0.05, 0.1) is 5.02 Å². The summed E-state index contributed by atoms with van der Waals surface area (Å²) in [4.78, 5) is 0. The molecule has 0 aliphatic carbocycles. The van der Waals surface area contributed by atoms with Crippen molar-refractivity contribution in [2.24, 2.45) is 5.73 Å². The second kappa shape index (κ2) is 4.52. The third-order valence-electron chi connectivity index (χ3n) is 1.57. The van der Waals surface area contributed by atoms with Gasteiger partial charge in [-0.25, -0.2) is 4.39 Å². The molecule has 2 nitrogen and oxygen atoms in total. The summed E-state index contributed by atoms with van der Waals surface area (Å²) < 4.78 is 40.9. The Morgan fingerprint density at radius 2 is 2.07 bits per heavy atom. The Labute approximate surface area is 83.4 Å². The number of ether oxygens (including phenoxy) is 1. The van der Waals surface area contributed by atoms with Crippen molar-refractivity contribution in [3.63, 3.8) is 0 Å². The minimum absolute atomic E-state index is 0.155. The minimum atomic E-state index is -3.01. The molecule has 0 saturated heterocycles. The fraction of sp³-hybridized carbons (Fsp3) is 0.250. The van der Waals surface area contributed by atoms with E-state index in [4.69, 9.17) is 17.3 Å². The molecule has 0 atom stereocenters. The van der Waals surface area contributed by atoms with E-state index in [1.54, 1.807) is 0 Å². The first kappa shape index (κ1) is 11.1. The molecule has 0 unspecified atom stereocenters. The minimum Gasteiger partial charge on any atom is -0.434 e. The number of alkyl halides is 2. The maximum Gasteiger partial charge on any atom is 0.387 e. The van der Waals surface area contributed by atoms with Crippen molar-refractivity contribution in [3.8, 4) is 5.75 Å². The van der Waals surface area contributed by atoms with Crippen LogP contribution in [0, 0.1) is 5.82 Å². The molecule has 0 bridgehead atoms. The topological polar surface area (TPSA) is 35.2 Å². The SMILES string of the molecule is NCc1c(OC(F)F)ccc(Cl)c1F. The van der Waals surface area contributed by atoms with Gasteiger partial charge in [-0.15, -0.1) is 0 Å². The maximum absolute atomic E-state index is 13.2. The maximum atomic E-state index is 13.2. The van der Waals surface area contributed by atoms with Crippen LogP contribution in [0.1, 0.15) is 5.56 Å². The summed E-state index contributed by atoms with van der Waals surface area (Å²) in [5.74, 6) is -1.11. The monoisotopic (exact) mass is 225 g/mol. The molecular formula is C8H7ClF3NO. The molecule has 0 spiro atoms. The molecule has 0 fully saturated rings. The summed E-state index contributed by atoms with van der Waals surface area (Å²) in [5.41, 5.74) is 5.02. The predicted molar refractivity (Wildman–Crippen MR) is 45.9 cm³/mol. The summed E-state index contributed by atoms with van der Waals surface area (Å²) in [6.45, 7) is -3.27. The molecule has 1 aromatic rings. The highest BCUT2D eigenvalue weighted by Gasteiger charge is 2.14. The second-order valence-electron chi connectivity index (χ2n) is 2.42. The van der Waals surface area contributed by atoms with Crippen molar-refractivity contribution in [3.05, 3.63) is 28.5 Å². The average molecular weight is 226 g/mol. The van der Waals surface area contributed by atoms with E-state index in [0.717, 1.165) is 12.1 Å². The van der Waals surface area contributed by atoms with Crippen LogP contribution in [0.4, 0.5) is 13.2 Å². The molecule has 0 amide bonds. The zero-order chi connectivity index (χ0) is 10.7. The predicted octanol–water partition coefficient (Wildman–Crippen LogP) is 2.54. The zero-order valence-corrected chi connectivity index (χ0v) is 7.69. The lowest BCUT2D eigenvalue weighted by Gasteiger charge is -2.10. The normalized spacial score (nSPS) is 10.7. The average Bonchev–Trinajstić information content (AvgIpc) is 2.11. The van der Waals surface area contributed by atoms with Gasteiger partial charge < -0.3 is 10.5 Å². The lowest BCUT2D eigenvalue weighted by molar-refractivity contribution is -0.0506. The van der Waals surface area contributed by atoms with Crippen molar-refractivity contribution >= 4 is 11.6 Å². The smallest absolute Gasteiger partial charge is 0.387 e. The van der Waals surface area contributed by atoms with Crippen LogP contribution in [0.5, 0.6) is 5.75 Å². The molecule has 0 aliphatic heterocycles. The lowest BCUT2D eigenvalue weighted by atomic mass is 10.2. The van der Waals surface area contributed by atoms with Crippen molar-refractivity contribution in [1.29, 1.82) is 0 Å². The van der Waals surface area contributed by atoms with Crippen LogP contribution in [0.2, 0.25) is 5.02 Å². The molecule has 0 heterocycles. The Hall–Kier alpha value is -0.940. The van der Waals surface area contributed by atoms with E-state index in [9.17, 15) is 13.2 Å². The van der Waals surface area contributed by atoms with E-state index in [1.807, 2.05) is 0 Å². The first-order valence-corrected chi connectivity index (χ1v) is 4.05. The van der Waals surface area contributed by atoms with Crippen LogP contribution in [-0.2, 0) is 6.54 Å². The number of benzene rings is 1. The van der Waals surface area contributed by atoms with Crippen LogP contribution in [0.25, 0.3) is 0 Å². The standard InChI is InChI=1S/C8H7ClF3NO/c9-5-1-2-6(14-8(11)12)4(3-13)7(5)10/h1-2,8H,3,13H2.